The molecule has 0 saturated heterocycles. The third-order valence-corrected chi connectivity index (χ3v) is 8.06. The fourth-order valence-electron chi connectivity index (χ4n) is 6.09. The van der Waals surface area contributed by atoms with Crippen molar-refractivity contribution in [1.82, 2.24) is 0 Å². The van der Waals surface area contributed by atoms with Crippen molar-refractivity contribution in [2.24, 2.45) is 17.8 Å². The zero-order valence-electron chi connectivity index (χ0n) is 18.9. The Morgan fingerprint density at radius 2 is 1.28 bits per heavy atom. The van der Waals surface area contributed by atoms with Gasteiger partial charge < -0.3 is 0 Å². The summed E-state index contributed by atoms with van der Waals surface area (Å²) in [5.74, 6) is 3.77. The van der Waals surface area contributed by atoms with Crippen LogP contribution in [-0.4, -0.2) is 0 Å². The van der Waals surface area contributed by atoms with E-state index < -0.39 is 0 Å². The number of unbranched alkanes of at least 4 members (excludes halogenated alkanes) is 6. The number of nitriles is 1. The summed E-state index contributed by atoms with van der Waals surface area (Å²) in [6.45, 7) is 2.30. The highest BCUT2D eigenvalue weighted by Gasteiger charge is 2.31. The van der Waals surface area contributed by atoms with Crippen LogP contribution in [0, 0.1) is 29.1 Å². The standard InChI is InChI=1S/C28H43N/c1-2-3-4-5-6-7-8-9-23-10-14-25(15-11-23)27-18-20-28(21-19-27)26-16-12-24(22-29)13-17-26/h12-13,16-17,23,25,27-28H,2-11,14-15,18-21H2,1H3/t23-,25-,27-,28-. The van der Waals surface area contributed by atoms with Crippen molar-refractivity contribution in [3.8, 4) is 6.07 Å². The predicted molar refractivity (Wildman–Crippen MR) is 124 cm³/mol. The minimum Gasteiger partial charge on any atom is -0.192 e. The lowest BCUT2D eigenvalue weighted by Crippen LogP contribution is -2.25. The quantitative estimate of drug-likeness (QED) is 0.364. The van der Waals surface area contributed by atoms with Crippen LogP contribution >= 0.6 is 0 Å². The third kappa shape index (κ3) is 7.16. The smallest absolute Gasteiger partial charge is 0.0991 e. The van der Waals surface area contributed by atoms with E-state index in [0.717, 1.165) is 29.2 Å². The molecule has 29 heavy (non-hydrogen) atoms. The summed E-state index contributed by atoms with van der Waals surface area (Å²) < 4.78 is 0. The Morgan fingerprint density at radius 1 is 0.724 bits per heavy atom. The lowest BCUT2D eigenvalue weighted by atomic mass is 9.68. The van der Waals surface area contributed by atoms with E-state index in [9.17, 15) is 0 Å². The third-order valence-electron chi connectivity index (χ3n) is 8.06. The minimum absolute atomic E-state index is 0.729. The summed E-state index contributed by atoms with van der Waals surface area (Å²) in [6, 6.07) is 10.6. The lowest BCUT2D eigenvalue weighted by molar-refractivity contribution is 0.155. The average Bonchev–Trinajstić information content (AvgIpc) is 2.79. The Morgan fingerprint density at radius 3 is 1.86 bits per heavy atom. The van der Waals surface area contributed by atoms with E-state index in [1.54, 1.807) is 0 Å². The molecule has 2 fully saturated rings. The molecule has 0 amide bonds. The summed E-state index contributed by atoms with van der Waals surface area (Å²) in [5.41, 5.74) is 2.25. The molecule has 0 spiro atoms. The normalized spacial score (nSPS) is 27.4. The Kier molecular flexibility index (Phi) is 9.59. The van der Waals surface area contributed by atoms with Gasteiger partial charge in [-0.05, 0) is 79.9 Å². The maximum atomic E-state index is 8.99. The second kappa shape index (κ2) is 12.4. The summed E-state index contributed by atoms with van der Waals surface area (Å²) in [5, 5.41) is 8.99. The highest BCUT2D eigenvalue weighted by atomic mass is 14.4. The second-order valence-electron chi connectivity index (χ2n) is 10.0. The van der Waals surface area contributed by atoms with Gasteiger partial charge in [0.05, 0.1) is 11.6 Å². The van der Waals surface area contributed by atoms with Gasteiger partial charge in [0, 0.05) is 0 Å². The maximum Gasteiger partial charge on any atom is 0.0991 e. The molecule has 160 valence electrons. The Labute approximate surface area is 180 Å². The van der Waals surface area contributed by atoms with Gasteiger partial charge in [0.2, 0.25) is 0 Å². The van der Waals surface area contributed by atoms with Crippen LogP contribution in [0.4, 0.5) is 0 Å². The first kappa shape index (κ1) is 22.4. The zero-order chi connectivity index (χ0) is 20.3. The SMILES string of the molecule is CCCCCCCCC[C@H]1CC[C@H]([C@H]2CC[C@H](c3ccc(C#N)cc3)CC2)CC1. The molecule has 0 atom stereocenters. The van der Waals surface area contributed by atoms with Gasteiger partial charge in [0.25, 0.3) is 0 Å². The average molecular weight is 394 g/mol. The van der Waals surface area contributed by atoms with Gasteiger partial charge in [-0.25, -0.2) is 0 Å². The van der Waals surface area contributed by atoms with Crippen LogP contribution < -0.4 is 0 Å². The highest BCUT2D eigenvalue weighted by molar-refractivity contribution is 5.33. The molecule has 1 aromatic carbocycles. The molecule has 0 heterocycles. The first-order chi connectivity index (χ1) is 14.3. The van der Waals surface area contributed by atoms with E-state index in [1.165, 1.54) is 108 Å². The number of benzene rings is 1. The zero-order valence-corrected chi connectivity index (χ0v) is 18.9. The Hall–Kier alpha value is -1.29. The molecule has 1 nitrogen and oxygen atoms in total. The van der Waals surface area contributed by atoms with Crippen LogP contribution in [-0.2, 0) is 0 Å². The number of nitrogens with zero attached hydrogens (tertiary/aromatic N) is 1. The van der Waals surface area contributed by atoms with Crippen molar-refractivity contribution in [1.29, 1.82) is 5.26 Å². The van der Waals surface area contributed by atoms with E-state index in [2.05, 4.69) is 25.1 Å². The molecule has 0 radical (unpaired) electrons. The van der Waals surface area contributed by atoms with Crippen LogP contribution in [0.2, 0.25) is 0 Å². The van der Waals surface area contributed by atoms with Gasteiger partial charge in [0.1, 0.15) is 0 Å². The topological polar surface area (TPSA) is 23.8 Å². The van der Waals surface area contributed by atoms with Gasteiger partial charge in [-0.1, -0.05) is 83.3 Å². The molecular formula is C28H43N. The molecule has 0 aliphatic heterocycles. The lowest BCUT2D eigenvalue weighted by Gasteiger charge is -2.38. The van der Waals surface area contributed by atoms with E-state index in [-0.39, 0.29) is 0 Å². The molecular weight excluding hydrogens is 350 g/mol. The van der Waals surface area contributed by atoms with Crippen molar-refractivity contribution in [2.75, 3.05) is 0 Å². The first-order valence-corrected chi connectivity index (χ1v) is 12.8. The molecule has 0 unspecified atom stereocenters. The van der Waals surface area contributed by atoms with Crippen molar-refractivity contribution in [3.05, 3.63) is 35.4 Å². The van der Waals surface area contributed by atoms with E-state index in [1.807, 2.05) is 12.1 Å². The maximum absolute atomic E-state index is 8.99. The van der Waals surface area contributed by atoms with Gasteiger partial charge in [-0.15, -0.1) is 0 Å². The summed E-state index contributed by atoms with van der Waals surface area (Å²) in [7, 11) is 0. The van der Waals surface area contributed by atoms with Gasteiger partial charge in [-0.3, -0.25) is 0 Å². The van der Waals surface area contributed by atoms with Crippen molar-refractivity contribution >= 4 is 0 Å². The van der Waals surface area contributed by atoms with Crippen LogP contribution in [0.3, 0.4) is 0 Å². The van der Waals surface area contributed by atoms with E-state index in [4.69, 9.17) is 5.26 Å². The number of hydrogen-bond donors (Lipinski definition) is 0. The number of rotatable bonds is 10. The van der Waals surface area contributed by atoms with E-state index in [0.29, 0.717) is 0 Å². The van der Waals surface area contributed by atoms with Crippen molar-refractivity contribution in [3.63, 3.8) is 0 Å². The van der Waals surface area contributed by atoms with Crippen molar-refractivity contribution in [2.45, 2.75) is 116 Å². The second-order valence-corrected chi connectivity index (χ2v) is 10.0. The van der Waals surface area contributed by atoms with Crippen LogP contribution in [0.15, 0.2) is 24.3 Å². The minimum atomic E-state index is 0.729. The molecule has 3 rings (SSSR count). The predicted octanol–water partition coefficient (Wildman–Crippen LogP) is 8.78. The molecule has 2 aliphatic rings. The van der Waals surface area contributed by atoms with Gasteiger partial charge >= 0.3 is 0 Å². The Balaban J connectivity index is 1.29. The van der Waals surface area contributed by atoms with Crippen LogP contribution in [0.5, 0.6) is 0 Å². The van der Waals surface area contributed by atoms with Crippen LogP contribution in [0.25, 0.3) is 0 Å². The molecule has 1 heteroatoms. The van der Waals surface area contributed by atoms with Gasteiger partial charge in [0.15, 0.2) is 0 Å². The molecule has 0 bridgehead atoms. The van der Waals surface area contributed by atoms with E-state index >= 15 is 0 Å². The fraction of sp³-hybridized carbons (Fsp3) is 0.750. The summed E-state index contributed by atoms with van der Waals surface area (Å²) >= 11 is 0. The summed E-state index contributed by atoms with van der Waals surface area (Å²) in [4.78, 5) is 0. The molecule has 0 aromatic heterocycles. The summed E-state index contributed by atoms with van der Waals surface area (Å²) in [6.07, 6.45) is 23.2. The molecule has 1 aromatic rings. The fourth-order valence-corrected chi connectivity index (χ4v) is 6.09. The van der Waals surface area contributed by atoms with Crippen molar-refractivity contribution < 1.29 is 0 Å². The first-order valence-electron chi connectivity index (χ1n) is 12.8. The number of hydrogen-bond acceptors (Lipinski definition) is 1. The Bertz CT molecular complexity index is 594. The molecule has 2 saturated carbocycles. The van der Waals surface area contributed by atoms with Gasteiger partial charge in [-0.2, -0.15) is 5.26 Å². The monoisotopic (exact) mass is 393 g/mol. The van der Waals surface area contributed by atoms with Crippen LogP contribution in [0.1, 0.15) is 127 Å². The molecule has 2 aliphatic carbocycles. The highest BCUT2D eigenvalue weighted by Crippen LogP contribution is 2.44. The largest absolute Gasteiger partial charge is 0.192 e. The molecule has 0 N–H and O–H groups in total.